The number of carbonyl (C=O) groups is 1. The minimum absolute atomic E-state index is 0.0416. The van der Waals surface area contributed by atoms with Gasteiger partial charge in [0.2, 0.25) is 0 Å². The first-order valence-corrected chi connectivity index (χ1v) is 8.31. The number of furan rings is 1. The van der Waals surface area contributed by atoms with Gasteiger partial charge in [0.25, 0.3) is 5.91 Å². The van der Waals surface area contributed by atoms with Crippen molar-refractivity contribution >= 4 is 5.91 Å². The molecule has 1 saturated heterocycles. The summed E-state index contributed by atoms with van der Waals surface area (Å²) in [7, 11) is 0. The van der Waals surface area contributed by atoms with Crippen LogP contribution in [0.3, 0.4) is 0 Å². The summed E-state index contributed by atoms with van der Waals surface area (Å²) in [5, 5.41) is 0. The molecule has 0 spiro atoms. The van der Waals surface area contributed by atoms with Gasteiger partial charge in [-0.1, -0.05) is 6.92 Å². The van der Waals surface area contributed by atoms with Crippen molar-refractivity contribution in [3.8, 4) is 0 Å². The predicted molar refractivity (Wildman–Crippen MR) is 79.4 cm³/mol. The summed E-state index contributed by atoms with van der Waals surface area (Å²) in [6.45, 7) is 4.23. The molecule has 120 valence electrons. The second kappa shape index (κ2) is 5.70. The van der Waals surface area contributed by atoms with E-state index in [2.05, 4.69) is 13.0 Å². The molecule has 3 aliphatic rings. The Balaban J connectivity index is 1.43. The van der Waals surface area contributed by atoms with Crippen LogP contribution in [-0.2, 0) is 20.8 Å². The topological polar surface area (TPSA) is 51.9 Å². The number of amides is 1. The van der Waals surface area contributed by atoms with E-state index in [0.29, 0.717) is 38.3 Å². The quantitative estimate of drug-likeness (QED) is 0.837. The largest absolute Gasteiger partial charge is 0.464 e. The second-order valence-corrected chi connectivity index (χ2v) is 6.76. The Labute approximate surface area is 130 Å². The highest BCUT2D eigenvalue weighted by molar-refractivity contribution is 5.81. The summed E-state index contributed by atoms with van der Waals surface area (Å²) in [6.07, 6.45) is 2.91. The zero-order chi connectivity index (χ0) is 15.1. The van der Waals surface area contributed by atoms with E-state index in [1.54, 1.807) is 0 Å². The molecule has 5 heteroatoms. The Morgan fingerprint density at radius 2 is 2.14 bits per heavy atom. The van der Waals surface area contributed by atoms with E-state index in [4.69, 9.17) is 13.9 Å². The maximum atomic E-state index is 12.7. The molecular weight excluding hydrogens is 282 g/mol. The second-order valence-electron chi connectivity index (χ2n) is 6.76. The fourth-order valence-electron chi connectivity index (χ4n) is 3.15. The standard InChI is InChI=1S/C17H23NO4/c1-11-8-14(11)15-5-4-13(22-15)9-18(12-2-3-12)17(19)16-10-20-6-7-21-16/h4-5,11-12,14,16H,2-3,6-10H2,1H3/t11-,14+,16+/m1/s1. The van der Waals surface area contributed by atoms with Gasteiger partial charge in [0.15, 0.2) is 6.10 Å². The van der Waals surface area contributed by atoms with Crippen molar-refractivity contribution < 1.29 is 18.7 Å². The minimum atomic E-state index is -0.452. The number of hydrogen-bond donors (Lipinski definition) is 0. The first-order valence-electron chi connectivity index (χ1n) is 8.31. The maximum absolute atomic E-state index is 12.7. The molecule has 1 aliphatic heterocycles. The minimum Gasteiger partial charge on any atom is -0.464 e. The molecule has 0 bridgehead atoms. The van der Waals surface area contributed by atoms with Crippen molar-refractivity contribution in [3.63, 3.8) is 0 Å². The number of hydrogen-bond acceptors (Lipinski definition) is 4. The molecule has 1 amide bonds. The van der Waals surface area contributed by atoms with Gasteiger partial charge in [0.05, 0.1) is 26.4 Å². The van der Waals surface area contributed by atoms with Crippen molar-refractivity contribution in [3.05, 3.63) is 23.7 Å². The van der Waals surface area contributed by atoms with Crippen molar-refractivity contribution in [2.45, 2.75) is 50.8 Å². The Morgan fingerprint density at radius 3 is 2.77 bits per heavy atom. The first kappa shape index (κ1) is 14.3. The van der Waals surface area contributed by atoms with Crippen molar-refractivity contribution in [2.75, 3.05) is 19.8 Å². The lowest BCUT2D eigenvalue weighted by atomic mass is 10.2. The van der Waals surface area contributed by atoms with Crippen molar-refractivity contribution in [2.24, 2.45) is 5.92 Å². The maximum Gasteiger partial charge on any atom is 0.254 e. The number of carbonyl (C=O) groups excluding carboxylic acids is 1. The van der Waals surface area contributed by atoms with E-state index in [-0.39, 0.29) is 5.91 Å². The van der Waals surface area contributed by atoms with E-state index in [0.717, 1.165) is 30.3 Å². The van der Waals surface area contributed by atoms with Gasteiger partial charge in [0.1, 0.15) is 11.5 Å². The lowest BCUT2D eigenvalue weighted by Gasteiger charge is -2.29. The van der Waals surface area contributed by atoms with Gasteiger partial charge < -0.3 is 18.8 Å². The van der Waals surface area contributed by atoms with Crippen molar-refractivity contribution in [1.82, 2.24) is 4.90 Å². The molecule has 22 heavy (non-hydrogen) atoms. The zero-order valence-electron chi connectivity index (χ0n) is 13.0. The van der Waals surface area contributed by atoms with Crippen LogP contribution in [0.2, 0.25) is 0 Å². The number of rotatable bonds is 5. The van der Waals surface area contributed by atoms with Gasteiger partial charge in [-0.15, -0.1) is 0 Å². The zero-order valence-corrected chi connectivity index (χ0v) is 13.0. The van der Waals surface area contributed by atoms with E-state index in [9.17, 15) is 4.79 Å². The summed E-state index contributed by atoms with van der Waals surface area (Å²) >= 11 is 0. The van der Waals surface area contributed by atoms with Crippen LogP contribution in [0, 0.1) is 5.92 Å². The summed E-state index contributed by atoms with van der Waals surface area (Å²) in [6, 6.07) is 4.42. The van der Waals surface area contributed by atoms with Gasteiger partial charge in [-0.3, -0.25) is 4.79 Å². The van der Waals surface area contributed by atoms with Crippen LogP contribution >= 0.6 is 0 Å². The van der Waals surface area contributed by atoms with Gasteiger partial charge in [0, 0.05) is 12.0 Å². The Bertz CT molecular complexity index is 545. The third-order valence-electron chi connectivity index (χ3n) is 4.85. The molecule has 2 heterocycles. The fourth-order valence-corrected chi connectivity index (χ4v) is 3.15. The SMILES string of the molecule is C[C@@H]1C[C@@H]1c1ccc(CN(C(=O)[C@@H]2COCCO2)C2CC2)o1. The Hall–Kier alpha value is -1.33. The highest BCUT2D eigenvalue weighted by atomic mass is 16.6. The summed E-state index contributed by atoms with van der Waals surface area (Å²) in [5.74, 6) is 3.30. The van der Waals surface area contributed by atoms with Crippen LogP contribution in [0.1, 0.15) is 43.6 Å². The van der Waals surface area contributed by atoms with Crippen LogP contribution in [0.15, 0.2) is 16.5 Å². The van der Waals surface area contributed by atoms with Gasteiger partial charge >= 0.3 is 0 Å². The molecule has 1 aromatic heterocycles. The van der Waals surface area contributed by atoms with Gasteiger partial charge in [-0.05, 0) is 37.3 Å². The summed E-state index contributed by atoms with van der Waals surface area (Å²) in [5.41, 5.74) is 0. The highest BCUT2D eigenvalue weighted by Crippen LogP contribution is 2.47. The normalized spacial score (nSPS) is 31.0. The molecule has 3 atom stereocenters. The molecule has 0 aromatic carbocycles. The lowest BCUT2D eigenvalue weighted by Crippen LogP contribution is -2.45. The summed E-state index contributed by atoms with van der Waals surface area (Å²) < 4.78 is 16.9. The highest BCUT2D eigenvalue weighted by Gasteiger charge is 2.39. The van der Waals surface area contributed by atoms with Crippen LogP contribution in [0.5, 0.6) is 0 Å². The van der Waals surface area contributed by atoms with Crippen LogP contribution < -0.4 is 0 Å². The monoisotopic (exact) mass is 305 g/mol. The lowest BCUT2D eigenvalue weighted by molar-refractivity contribution is -0.159. The van der Waals surface area contributed by atoms with Crippen LogP contribution in [0.4, 0.5) is 0 Å². The number of nitrogens with zero attached hydrogens (tertiary/aromatic N) is 1. The van der Waals surface area contributed by atoms with E-state index >= 15 is 0 Å². The number of ether oxygens (including phenoxy) is 2. The molecule has 4 rings (SSSR count). The van der Waals surface area contributed by atoms with Gasteiger partial charge in [-0.25, -0.2) is 0 Å². The Kier molecular flexibility index (Phi) is 3.70. The predicted octanol–water partition coefficient (Wildman–Crippen LogP) is 2.31. The molecule has 5 nitrogen and oxygen atoms in total. The molecule has 3 fully saturated rings. The van der Waals surface area contributed by atoms with Gasteiger partial charge in [-0.2, -0.15) is 0 Å². The smallest absolute Gasteiger partial charge is 0.254 e. The third kappa shape index (κ3) is 2.92. The average molecular weight is 305 g/mol. The van der Waals surface area contributed by atoms with Crippen molar-refractivity contribution in [1.29, 1.82) is 0 Å². The third-order valence-corrected chi connectivity index (χ3v) is 4.85. The molecule has 0 unspecified atom stereocenters. The fraction of sp³-hybridized carbons (Fsp3) is 0.706. The Morgan fingerprint density at radius 1 is 1.32 bits per heavy atom. The van der Waals surface area contributed by atoms with Crippen LogP contribution in [0.25, 0.3) is 0 Å². The van der Waals surface area contributed by atoms with E-state index in [1.165, 1.54) is 6.42 Å². The molecule has 0 radical (unpaired) electrons. The van der Waals surface area contributed by atoms with E-state index < -0.39 is 6.10 Å². The van der Waals surface area contributed by atoms with Crippen LogP contribution in [-0.4, -0.2) is 42.8 Å². The summed E-state index contributed by atoms with van der Waals surface area (Å²) in [4.78, 5) is 14.6. The van der Waals surface area contributed by atoms with E-state index in [1.807, 2.05) is 11.0 Å². The molecular formula is C17H23NO4. The molecule has 1 aromatic rings. The average Bonchev–Trinajstić information content (AvgIpc) is 3.46. The first-order chi connectivity index (χ1) is 10.7. The molecule has 2 aliphatic carbocycles. The molecule has 2 saturated carbocycles. The molecule has 0 N–H and O–H groups in total.